The lowest BCUT2D eigenvalue weighted by Crippen LogP contribution is -2.45. The third-order valence-electron chi connectivity index (χ3n) is 5.70. The summed E-state index contributed by atoms with van der Waals surface area (Å²) in [6, 6.07) is 5.63. The minimum absolute atomic E-state index is 0.0836. The van der Waals surface area contributed by atoms with Crippen molar-refractivity contribution >= 4 is 46.8 Å². The second kappa shape index (κ2) is 11.2. The number of esters is 1. The van der Waals surface area contributed by atoms with Crippen molar-refractivity contribution in [3.63, 3.8) is 0 Å². The lowest BCUT2D eigenvalue weighted by Gasteiger charge is -2.31. The maximum Gasteiger partial charge on any atom is 0.307 e. The molecule has 0 bridgehead atoms. The number of fused-ring (bicyclic) bond motifs is 1. The van der Waals surface area contributed by atoms with E-state index in [2.05, 4.69) is 17.1 Å². The number of carbonyl (C=O) groups excluding carboxylic acids is 3. The van der Waals surface area contributed by atoms with Crippen molar-refractivity contribution in [1.82, 2.24) is 9.80 Å². The van der Waals surface area contributed by atoms with Gasteiger partial charge in [-0.15, -0.1) is 11.8 Å². The molecule has 31 heavy (non-hydrogen) atoms. The molecule has 0 aromatic heterocycles. The molecule has 170 valence electrons. The first-order valence-corrected chi connectivity index (χ1v) is 12.1. The third-order valence-corrected chi connectivity index (χ3v) is 7.21. The average molecular weight is 468 g/mol. The van der Waals surface area contributed by atoms with E-state index in [0.29, 0.717) is 30.4 Å². The number of hydrogen-bond donors (Lipinski definition) is 1. The summed E-state index contributed by atoms with van der Waals surface area (Å²) in [4.78, 5) is 42.7. The minimum atomic E-state index is -0.517. The molecule has 1 aromatic carbocycles. The van der Waals surface area contributed by atoms with E-state index in [9.17, 15) is 14.4 Å². The first-order valence-electron chi connectivity index (χ1n) is 10.9. The van der Waals surface area contributed by atoms with Crippen LogP contribution >= 0.6 is 23.4 Å². The topological polar surface area (TPSA) is 79.0 Å². The molecule has 0 saturated carbocycles. The van der Waals surface area contributed by atoms with Gasteiger partial charge in [0.15, 0.2) is 0 Å². The van der Waals surface area contributed by atoms with Crippen LogP contribution < -0.4 is 5.32 Å². The second-order valence-electron chi connectivity index (χ2n) is 7.76. The zero-order valence-corrected chi connectivity index (χ0v) is 19.6. The molecular formula is C22H30ClN3O4S. The van der Waals surface area contributed by atoms with E-state index < -0.39 is 5.25 Å². The number of halogens is 1. The summed E-state index contributed by atoms with van der Waals surface area (Å²) < 4.78 is 5.03. The van der Waals surface area contributed by atoms with Gasteiger partial charge in [0, 0.05) is 35.5 Å². The van der Waals surface area contributed by atoms with Gasteiger partial charge >= 0.3 is 5.97 Å². The molecule has 9 heteroatoms. The van der Waals surface area contributed by atoms with Gasteiger partial charge in [0.1, 0.15) is 0 Å². The Morgan fingerprint density at radius 3 is 2.90 bits per heavy atom. The Labute approximate surface area is 192 Å². The predicted molar refractivity (Wildman–Crippen MR) is 122 cm³/mol. The summed E-state index contributed by atoms with van der Waals surface area (Å²) in [5.74, 6) is -0.624. The standard InChI is InChI=1S/C22H30ClN3O4S/c1-3-25-10-5-6-16(25)14-26(11-9-21(28)30-4-2)20(27)13-19-22(29)24-17-12-15(23)7-8-18(17)31-19/h7-8,12,16,19H,3-6,9-11,13-14H2,1-2H3,(H,24,29). The van der Waals surface area contributed by atoms with E-state index in [-0.39, 0.29) is 36.7 Å². The molecule has 0 spiro atoms. The van der Waals surface area contributed by atoms with Crippen LogP contribution in [0.25, 0.3) is 0 Å². The van der Waals surface area contributed by atoms with Gasteiger partial charge in [0.2, 0.25) is 11.8 Å². The lowest BCUT2D eigenvalue weighted by molar-refractivity contribution is -0.144. The number of likely N-dealkylation sites (tertiary alicyclic amines) is 1. The summed E-state index contributed by atoms with van der Waals surface area (Å²) >= 11 is 7.39. The number of nitrogens with zero attached hydrogens (tertiary/aromatic N) is 2. The van der Waals surface area contributed by atoms with Crippen LogP contribution in [0, 0.1) is 0 Å². The summed E-state index contributed by atoms with van der Waals surface area (Å²) in [5.41, 5.74) is 0.676. The molecule has 2 unspecified atom stereocenters. The first-order chi connectivity index (χ1) is 14.9. The maximum atomic E-state index is 13.2. The molecule has 0 radical (unpaired) electrons. The number of thioether (sulfide) groups is 1. The van der Waals surface area contributed by atoms with Crippen molar-refractivity contribution in [2.45, 2.75) is 55.7 Å². The van der Waals surface area contributed by atoms with Crippen molar-refractivity contribution in [3.05, 3.63) is 23.2 Å². The summed E-state index contributed by atoms with van der Waals surface area (Å²) in [7, 11) is 0. The molecule has 1 aromatic rings. The van der Waals surface area contributed by atoms with E-state index >= 15 is 0 Å². The fourth-order valence-electron chi connectivity index (χ4n) is 4.09. The monoisotopic (exact) mass is 467 g/mol. The van der Waals surface area contributed by atoms with Crippen LogP contribution in [0.5, 0.6) is 0 Å². The van der Waals surface area contributed by atoms with Gasteiger partial charge < -0.3 is 15.0 Å². The van der Waals surface area contributed by atoms with Gasteiger partial charge in [0.25, 0.3) is 0 Å². The number of anilines is 1. The molecule has 2 atom stereocenters. The lowest BCUT2D eigenvalue weighted by atomic mass is 10.1. The van der Waals surface area contributed by atoms with E-state index in [4.69, 9.17) is 16.3 Å². The first kappa shape index (κ1) is 23.9. The Kier molecular flexibility index (Phi) is 8.63. The van der Waals surface area contributed by atoms with Crippen LogP contribution in [0.15, 0.2) is 23.1 Å². The van der Waals surface area contributed by atoms with Crippen LogP contribution in [0.3, 0.4) is 0 Å². The zero-order valence-electron chi connectivity index (χ0n) is 18.1. The van der Waals surface area contributed by atoms with Crippen LogP contribution in [-0.4, -0.2) is 71.7 Å². The molecular weight excluding hydrogens is 438 g/mol. The van der Waals surface area contributed by atoms with Gasteiger partial charge in [-0.05, 0) is 51.1 Å². The third kappa shape index (κ3) is 6.37. The van der Waals surface area contributed by atoms with Crippen LogP contribution in [0.4, 0.5) is 5.69 Å². The molecule has 1 N–H and O–H groups in total. The Balaban J connectivity index is 1.67. The number of benzene rings is 1. The van der Waals surface area contributed by atoms with E-state index in [1.165, 1.54) is 11.8 Å². The van der Waals surface area contributed by atoms with Gasteiger partial charge in [-0.2, -0.15) is 0 Å². The Bertz CT molecular complexity index is 822. The maximum absolute atomic E-state index is 13.2. The SMILES string of the molecule is CCOC(=O)CCN(CC1CCCN1CC)C(=O)CC1Sc2ccc(Cl)cc2NC1=O. The van der Waals surface area contributed by atoms with Crippen molar-refractivity contribution in [2.24, 2.45) is 0 Å². The van der Waals surface area contributed by atoms with Crippen LogP contribution in [0.1, 0.15) is 39.5 Å². The number of nitrogens with one attached hydrogen (secondary N) is 1. The van der Waals surface area contributed by atoms with Gasteiger partial charge in [-0.3, -0.25) is 19.3 Å². The van der Waals surface area contributed by atoms with E-state index in [1.54, 1.807) is 24.0 Å². The average Bonchev–Trinajstić information content (AvgIpc) is 3.19. The summed E-state index contributed by atoms with van der Waals surface area (Å²) in [5, 5.41) is 2.89. The summed E-state index contributed by atoms with van der Waals surface area (Å²) in [6.07, 6.45) is 2.38. The zero-order chi connectivity index (χ0) is 22.4. The quantitative estimate of drug-likeness (QED) is 0.561. The van der Waals surface area contributed by atoms with Gasteiger partial charge in [0.05, 0.1) is 24.0 Å². The van der Waals surface area contributed by atoms with Crippen molar-refractivity contribution in [2.75, 3.05) is 38.1 Å². The Morgan fingerprint density at radius 2 is 2.16 bits per heavy atom. The van der Waals surface area contributed by atoms with Crippen molar-refractivity contribution < 1.29 is 19.1 Å². The fourth-order valence-corrected chi connectivity index (χ4v) is 5.35. The summed E-state index contributed by atoms with van der Waals surface area (Å²) in [6.45, 7) is 7.04. The number of amides is 2. The number of rotatable bonds is 9. The molecule has 2 heterocycles. The fraction of sp³-hybridized carbons (Fsp3) is 0.591. The Morgan fingerprint density at radius 1 is 1.35 bits per heavy atom. The number of likely N-dealkylation sites (N-methyl/N-ethyl adjacent to an activating group) is 1. The molecule has 2 aliphatic heterocycles. The number of ether oxygens (including phenoxy) is 1. The van der Waals surface area contributed by atoms with E-state index in [0.717, 1.165) is 30.8 Å². The Hall–Kier alpha value is -1.77. The smallest absolute Gasteiger partial charge is 0.307 e. The molecule has 3 rings (SSSR count). The highest BCUT2D eigenvalue weighted by molar-refractivity contribution is 8.01. The molecule has 1 fully saturated rings. The molecule has 2 amide bonds. The van der Waals surface area contributed by atoms with Crippen LogP contribution in [-0.2, 0) is 19.1 Å². The van der Waals surface area contributed by atoms with Gasteiger partial charge in [-0.1, -0.05) is 18.5 Å². The van der Waals surface area contributed by atoms with Crippen molar-refractivity contribution in [1.29, 1.82) is 0 Å². The second-order valence-corrected chi connectivity index (χ2v) is 9.44. The number of carbonyl (C=O) groups is 3. The predicted octanol–water partition coefficient (Wildman–Crippen LogP) is 3.41. The number of hydrogen-bond acceptors (Lipinski definition) is 6. The molecule has 1 saturated heterocycles. The normalized spacial score (nSPS) is 20.8. The molecule has 2 aliphatic rings. The largest absolute Gasteiger partial charge is 0.466 e. The van der Waals surface area contributed by atoms with Crippen molar-refractivity contribution in [3.8, 4) is 0 Å². The highest BCUT2D eigenvalue weighted by Gasteiger charge is 2.33. The minimum Gasteiger partial charge on any atom is -0.466 e. The highest BCUT2D eigenvalue weighted by Crippen LogP contribution is 2.38. The van der Waals surface area contributed by atoms with Crippen LogP contribution in [0.2, 0.25) is 5.02 Å². The molecule has 0 aliphatic carbocycles. The van der Waals surface area contributed by atoms with Gasteiger partial charge in [-0.25, -0.2) is 0 Å². The highest BCUT2D eigenvalue weighted by atomic mass is 35.5. The van der Waals surface area contributed by atoms with E-state index in [1.807, 2.05) is 6.07 Å². The molecule has 7 nitrogen and oxygen atoms in total.